The van der Waals surface area contributed by atoms with Crippen LogP contribution in [0.3, 0.4) is 0 Å². The standard InChI is InChI=1S/C17H28N2O2/c1-13(18-11-17(2,3)12-19(4)5)14-6-7-15-16(10-14)21-9-8-20-15/h6-7,10,13,18H,8-9,11-12H2,1-5H3. The van der Waals surface area contributed by atoms with Crippen molar-refractivity contribution in [2.45, 2.75) is 26.8 Å². The summed E-state index contributed by atoms with van der Waals surface area (Å²) in [7, 11) is 4.23. The van der Waals surface area contributed by atoms with E-state index in [1.165, 1.54) is 5.56 Å². The molecule has 1 unspecified atom stereocenters. The zero-order valence-corrected chi connectivity index (χ0v) is 13.9. The highest BCUT2D eigenvalue weighted by Gasteiger charge is 2.20. The fourth-order valence-corrected chi connectivity index (χ4v) is 2.79. The minimum atomic E-state index is 0.242. The van der Waals surface area contributed by atoms with Gasteiger partial charge in [-0.15, -0.1) is 0 Å². The van der Waals surface area contributed by atoms with Gasteiger partial charge in [-0.3, -0.25) is 0 Å². The third kappa shape index (κ3) is 4.61. The van der Waals surface area contributed by atoms with Crippen molar-refractivity contribution in [3.8, 4) is 11.5 Å². The molecule has 1 atom stereocenters. The molecule has 0 fully saturated rings. The van der Waals surface area contributed by atoms with E-state index in [1.807, 2.05) is 6.07 Å². The van der Waals surface area contributed by atoms with Crippen LogP contribution >= 0.6 is 0 Å². The normalized spacial score (nSPS) is 16.1. The minimum Gasteiger partial charge on any atom is -0.486 e. The number of benzene rings is 1. The average Bonchev–Trinajstić information content (AvgIpc) is 2.43. The average molecular weight is 292 g/mol. The van der Waals surface area contributed by atoms with Crippen molar-refractivity contribution in [1.82, 2.24) is 10.2 Å². The van der Waals surface area contributed by atoms with E-state index in [0.717, 1.165) is 24.6 Å². The van der Waals surface area contributed by atoms with E-state index in [1.54, 1.807) is 0 Å². The molecule has 0 saturated carbocycles. The van der Waals surface area contributed by atoms with Crippen molar-refractivity contribution in [2.24, 2.45) is 5.41 Å². The molecular formula is C17H28N2O2. The molecule has 4 heteroatoms. The molecule has 1 aliphatic rings. The number of nitrogens with one attached hydrogen (secondary N) is 1. The fraction of sp³-hybridized carbons (Fsp3) is 0.647. The maximum atomic E-state index is 5.65. The van der Waals surface area contributed by atoms with Crippen LogP contribution in [-0.2, 0) is 0 Å². The van der Waals surface area contributed by atoms with Gasteiger partial charge >= 0.3 is 0 Å². The van der Waals surface area contributed by atoms with Gasteiger partial charge in [0.25, 0.3) is 0 Å². The van der Waals surface area contributed by atoms with E-state index < -0.39 is 0 Å². The van der Waals surface area contributed by atoms with Gasteiger partial charge in [0.05, 0.1) is 0 Å². The van der Waals surface area contributed by atoms with Crippen LogP contribution in [0.5, 0.6) is 11.5 Å². The summed E-state index contributed by atoms with van der Waals surface area (Å²) in [5.41, 5.74) is 1.48. The predicted molar refractivity (Wildman–Crippen MR) is 86.2 cm³/mol. The molecule has 2 rings (SSSR count). The molecule has 0 aliphatic carbocycles. The molecule has 0 bridgehead atoms. The third-order valence-electron chi connectivity index (χ3n) is 3.70. The number of rotatable bonds is 6. The molecule has 0 amide bonds. The number of hydrogen-bond donors (Lipinski definition) is 1. The first-order valence-corrected chi connectivity index (χ1v) is 7.65. The highest BCUT2D eigenvalue weighted by Crippen LogP contribution is 2.32. The van der Waals surface area contributed by atoms with Crippen molar-refractivity contribution in [2.75, 3.05) is 40.4 Å². The lowest BCUT2D eigenvalue weighted by atomic mass is 9.92. The number of ether oxygens (including phenoxy) is 2. The molecule has 1 heterocycles. The van der Waals surface area contributed by atoms with Gasteiger partial charge in [-0.25, -0.2) is 0 Å². The Labute approximate surface area is 128 Å². The summed E-state index contributed by atoms with van der Waals surface area (Å²) in [5.74, 6) is 1.71. The molecule has 0 saturated heterocycles. The Bertz CT molecular complexity index is 472. The summed E-state index contributed by atoms with van der Waals surface area (Å²) in [5, 5.41) is 3.63. The quantitative estimate of drug-likeness (QED) is 0.874. The van der Waals surface area contributed by atoms with Crippen molar-refractivity contribution in [3.63, 3.8) is 0 Å². The van der Waals surface area contributed by atoms with Crippen LogP contribution in [0.25, 0.3) is 0 Å². The maximum Gasteiger partial charge on any atom is 0.161 e. The Morgan fingerprint density at radius 1 is 1.19 bits per heavy atom. The highest BCUT2D eigenvalue weighted by molar-refractivity contribution is 5.44. The molecule has 1 aliphatic heterocycles. The first-order valence-electron chi connectivity index (χ1n) is 7.65. The summed E-state index contributed by atoms with van der Waals surface area (Å²) in [6.07, 6.45) is 0. The van der Waals surface area contributed by atoms with Crippen LogP contribution in [-0.4, -0.2) is 45.3 Å². The van der Waals surface area contributed by atoms with Crippen LogP contribution in [0.2, 0.25) is 0 Å². The van der Waals surface area contributed by atoms with Crippen LogP contribution in [0.1, 0.15) is 32.4 Å². The summed E-state index contributed by atoms with van der Waals surface area (Å²) in [4.78, 5) is 2.23. The molecule has 0 radical (unpaired) electrons. The van der Waals surface area contributed by atoms with Gasteiger partial charge < -0.3 is 19.7 Å². The molecule has 4 nitrogen and oxygen atoms in total. The van der Waals surface area contributed by atoms with Crippen LogP contribution in [0, 0.1) is 5.41 Å². The van der Waals surface area contributed by atoms with Crippen LogP contribution in [0.15, 0.2) is 18.2 Å². The second-order valence-corrected chi connectivity index (χ2v) is 6.91. The first kappa shape index (κ1) is 16.1. The Morgan fingerprint density at radius 2 is 1.86 bits per heavy atom. The zero-order valence-electron chi connectivity index (χ0n) is 13.9. The lowest BCUT2D eigenvalue weighted by molar-refractivity contribution is 0.171. The Morgan fingerprint density at radius 3 is 2.52 bits per heavy atom. The van der Waals surface area contributed by atoms with E-state index >= 15 is 0 Å². The fourth-order valence-electron chi connectivity index (χ4n) is 2.79. The lowest BCUT2D eigenvalue weighted by Gasteiger charge is -2.30. The van der Waals surface area contributed by atoms with Gasteiger partial charge in [-0.2, -0.15) is 0 Å². The minimum absolute atomic E-state index is 0.242. The summed E-state index contributed by atoms with van der Waals surface area (Å²) in [6, 6.07) is 6.50. The highest BCUT2D eigenvalue weighted by atomic mass is 16.6. The van der Waals surface area contributed by atoms with Crippen molar-refractivity contribution in [3.05, 3.63) is 23.8 Å². The van der Waals surface area contributed by atoms with Crippen LogP contribution < -0.4 is 14.8 Å². The van der Waals surface area contributed by atoms with E-state index in [0.29, 0.717) is 19.3 Å². The van der Waals surface area contributed by atoms with E-state index in [4.69, 9.17) is 9.47 Å². The number of hydrogen-bond acceptors (Lipinski definition) is 4. The van der Waals surface area contributed by atoms with Gasteiger partial charge in [0.15, 0.2) is 11.5 Å². The molecule has 1 aromatic rings. The molecule has 1 N–H and O–H groups in total. The van der Waals surface area contributed by atoms with Gasteiger partial charge in [0.2, 0.25) is 0 Å². The topological polar surface area (TPSA) is 33.7 Å². The summed E-state index contributed by atoms with van der Waals surface area (Å²) in [6.45, 7) is 10.1. The smallest absolute Gasteiger partial charge is 0.161 e. The SMILES string of the molecule is CC(NCC(C)(C)CN(C)C)c1ccc2c(c1)OCCO2. The molecule has 118 valence electrons. The summed E-state index contributed by atoms with van der Waals surface area (Å²) >= 11 is 0. The largest absolute Gasteiger partial charge is 0.486 e. The monoisotopic (exact) mass is 292 g/mol. The second-order valence-electron chi connectivity index (χ2n) is 6.91. The van der Waals surface area contributed by atoms with Gasteiger partial charge in [0, 0.05) is 19.1 Å². The van der Waals surface area contributed by atoms with E-state index in [9.17, 15) is 0 Å². The van der Waals surface area contributed by atoms with Gasteiger partial charge in [0.1, 0.15) is 13.2 Å². The molecule has 21 heavy (non-hydrogen) atoms. The van der Waals surface area contributed by atoms with Crippen molar-refractivity contribution < 1.29 is 9.47 Å². The molecule has 1 aromatic carbocycles. The Kier molecular flexibility index (Phi) is 5.12. The molecule has 0 aromatic heterocycles. The van der Waals surface area contributed by atoms with Crippen molar-refractivity contribution in [1.29, 1.82) is 0 Å². The number of nitrogens with zero attached hydrogens (tertiary/aromatic N) is 1. The predicted octanol–water partition coefficient (Wildman–Crippen LogP) is 2.70. The Balaban J connectivity index is 1.95. The van der Waals surface area contributed by atoms with Crippen molar-refractivity contribution >= 4 is 0 Å². The Hall–Kier alpha value is -1.26. The second kappa shape index (κ2) is 6.67. The third-order valence-corrected chi connectivity index (χ3v) is 3.70. The van der Waals surface area contributed by atoms with Crippen LogP contribution in [0.4, 0.5) is 0 Å². The van der Waals surface area contributed by atoms with Gasteiger partial charge in [-0.1, -0.05) is 19.9 Å². The number of fused-ring (bicyclic) bond motifs is 1. The zero-order chi connectivity index (χ0) is 15.5. The van der Waals surface area contributed by atoms with E-state index in [2.05, 4.69) is 57.2 Å². The molecular weight excluding hydrogens is 264 g/mol. The molecule has 0 spiro atoms. The summed E-state index contributed by atoms with van der Waals surface area (Å²) < 4.78 is 11.2. The van der Waals surface area contributed by atoms with E-state index in [-0.39, 0.29) is 5.41 Å². The maximum absolute atomic E-state index is 5.65. The van der Waals surface area contributed by atoms with Gasteiger partial charge in [-0.05, 0) is 44.1 Å². The first-order chi connectivity index (χ1) is 9.87. The lowest BCUT2D eigenvalue weighted by Crippen LogP contribution is -2.38.